The van der Waals surface area contributed by atoms with Crippen molar-refractivity contribution in [2.75, 3.05) is 0 Å². The van der Waals surface area contributed by atoms with Crippen LogP contribution in [0.25, 0.3) is 10.9 Å². The fourth-order valence-electron chi connectivity index (χ4n) is 1.15. The van der Waals surface area contributed by atoms with E-state index in [2.05, 4.69) is 27.7 Å². The van der Waals surface area contributed by atoms with E-state index < -0.39 is 0 Å². The molecule has 1 aromatic carbocycles. The van der Waals surface area contributed by atoms with E-state index >= 15 is 0 Å². The van der Waals surface area contributed by atoms with E-state index in [-0.39, 0.29) is 0 Å². The molecule has 0 atom stereocenters. The highest BCUT2D eigenvalue weighted by atomic mass is 127. The summed E-state index contributed by atoms with van der Waals surface area (Å²) in [6.45, 7) is 0. The molecule has 0 aliphatic rings. The number of hydrogen-bond donors (Lipinski definition) is 0. The lowest BCUT2D eigenvalue weighted by molar-refractivity contribution is 0.780. The van der Waals surface area contributed by atoms with Crippen LogP contribution in [0.1, 0.15) is 0 Å². The van der Waals surface area contributed by atoms with Crippen molar-refractivity contribution >= 4 is 45.1 Å². The predicted molar refractivity (Wildman–Crippen MR) is 58.4 cm³/mol. The number of aryl methyl sites for hydroxylation is 1. The number of fused-ring (bicyclic) bond motifs is 1. The second-order valence-corrected chi connectivity index (χ2v) is 4.14. The topological polar surface area (TPSA) is 17.8 Å². The maximum absolute atomic E-state index is 6.08. The van der Waals surface area contributed by atoms with Crippen LogP contribution < -0.4 is 0 Å². The van der Waals surface area contributed by atoms with Crippen molar-refractivity contribution in [3.8, 4) is 0 Å². The van der Waals surface area contributed by atoms with Crippen molar-refractivity contribution in [1.29, 1.82) is 0 Å². The van der Waals surface area contributed by atoms with Gasteiger partial charge in [0.1, 0.15) is 0 Å². The van der Waals surface area contributed by atoms with Crippen LogP contribution in [0.2, 0.25) is 5.02 Å². The number of benzene rings is 1. The highest BCUT2D eigenvalue weighted by Crippen LogP contribution is 2.27. The van der Waals surface area contributed by atoms with Crippen molar-refractivity contribution < 1.29 is 0 Å². The lowest BCUT2D eigenvalue weighted by atomic mass is 10.3. The van der Waals surface area contributed by atoms with Crippen molar-refractivity contribution in [3.05, 3.63) is 26.9 Å². The largest absolute Gasteiger partial charge is 0.275 e. The van der Waals surface area contributed by atoms with Gasteiger partial charge in [0.15, 0.2) is 0 Å². The molecule has 0 amide bonds. The smallest absolute Gasteiger partial charge is 0.0938 e. The predicted octanol–water partition coefficient (Wildman–Crippen LogP) is 2.83. The Kier molecular flexibility index (Phi) is 2.00. The molecule has 0 saturated heterocycles. The second kappa shape index (κ2) is 2.88. The third-order valence-corrected chi connectivity index (χ3v) is 3.32. The van der Waals surface area contributed by atoms with Gasteiger partial charge in [0.25, 0.3) is 0 Å². The van der Waals surface area contributed by atoms with Gasteiger partial charge in [-0.05, 0) is 34.7 Å². The van der Waals surface area contributed by atoms with E-state index in [0.717, 1.165) is 19.5 Å². The van der Waals surface area contributed by atoms with Gasteiger partial charge in [-0.25, -0.2) is 0 Å². The minimum absolute atomic E-state index is 0.793. The summed E-state index contributed by atoms with van der Waals surface area (Å²) in [6, 6.07) is 3.95. The molecule has 0 aliphatic heterocycles. The first-order valence-electron chi connectivity index (χ1n) is 3.46. The van der Waals surface area contributed by atoms with Crippen LogP contribution in [0, 0.1) is 3.57 Å². The second-order valence-electron chi connectivity index (χ2n) is 2.60. The van der Waals surface area contributed by atoms with Gasteiger partial charge in [-0.3, -0.25) is 4.68 Å². The van der Waals surface area contributed by atoms with Gasteiger partial charge in [0, 0.05) is 22.2 Å². The summed E-state index contributed by atoms with van der Waals surface area (Å²) in [5.41, 5.74) is 0.947. The number of halogens is 2. The quantitative estimate of drug-likeness (QED) is 0.683. The average molecular weight is 293 g/mol. The molecule has 2 aromatic rings. The van der Waals surface area contributed by atoms with E-state index in [1.54, 1.807) is 4.68 Å². The Balaban J connectivity index is 2.89. The van der Waals surface area contributed by atoms with Gasteiger partial charge < -0.3 is 0 Å². The van der Waals surface area contributed by atoms with Gasteiger partial charge in [-0.2, -0.15) is 5.10 Å². The highest BCUT2D eigenvalue weighted by Gasteiger charge is 2.05. The molecule has 0 saturated carbocycles. The summed E-state index contributed by atoms with van der Waals surface area (Å²) < 4.78 is 2.84. The lowest BCUT2D eigenvalue weighted by Crippen LogP contribution is -1.84. The zero-order valence-electron chi connectivity index (χ0n) is 6.38. The monoisotopic (exact) mass is 292 g/mol. The minimum atomic E-state index is 0.793. The number of aromatic nitrogens is 2. The third kappa shape index (κ3) is 1.21. The standard InChI is InChI=1S/C8H6ClIN2/c1-12-4-5-7(11-12)3-2-6(10)8(5)9/h2-4H,1H3. The first-order valence-corrected chi connectivity index (χ1v) is 4.91. The van der Waals surface area contributed by atoms with Crippen molar-refractivity contribution in [2.45, 2.75) is 0 Å². The van der Waals surface area contributed by atoms with Crippen molar-refractivity contribution in [1.82, 2.24) is 9.78 Å². The summed E-state index contributed by atoms with van der Waals surface area (Å²) in [5.74, 6) is 0. The fourth-order valence-corrected chi connectivity index (χ4v) is 1.83. The van der Waals surface area contributed by atoms with Crippen LogP contribution in [0.15, 0.2) is 18.3 Å². The molecule has 0 N–H and O–H groups in total. The molecule has 0 unspecified atom stereocenters. The molecule has 2 rings (SSSR count). The van der Waals surface area contributed by atoms with Gasteiger partial charge in [0.2, 0.25) is 0 Å². The molecule has 0 fully saturated rings. The van der Waals surface area contributed by atoms with Crippen LogP contribution in [0.3, 0.4) is 0 Å². The maximum Gasteiger partial charge on any atom is 0.0938 e. The van der Waals surface area contributed by atoms with E-state index in [0.29, 0.717) is 0 Å². The lowest BCUT2D eigenvalue weighted by Gasteiger charge is -1.94. The Bertz CT molecular complexity index is 436. The zero-order chi connectivity index (χ0) is 8.72. The van der Waals surface area contributed by atoms with Crippen LogP contribution in [-0.4, -0.2) is 9.78 Å². The van der Waals surface area contributed by atoms with E-state index in [4.69, 9.17) is 11.6 Å². The van der Waals surface area contributed by atoms with Crippen molar-refractivity contribution in [2.24, 2.45) is 7.05 Å². The highest BCUT2D eigenvalue weighted by molar-refractivity contribution is 14.1. The van der Waals surface area contributed by atoms with E-state index in [1.165, 1.54) is 0 Å². The summed E-state index contributed by atoms with van der Waals surface area (Å²) in [4.78, 5) is 0. The van der Waals surface area contributed by atoms with Crippen LogP contribution >= 0.6 is 34.2 Å². The summed E-state index contributed by atoms with van der Waals surface area (Å²) in [6.07, 6.45) is 1.93. The fraction of sp³-hybridized carbons (Fsp3) is 0.125. The van der Waals surface area contributed by atoms with Gasteiger partial charge in [-0.15, -0.1) is 0 Å². The summed E-state index contributed by atoms with van der Waals surface area (Å²) in [7, 11) is 1.89. The number of nitrogens with zero attached hydrogens (tertiary/aromatic N) is 2. The van der Waals surface area contributed by atoms with Gasteiger partial charge >= 0.3 is 0 Å². The van der Waals surface area contributed by atoms with E-state index in [9.17, 15) is 0 Å². The SMILES string of the molecule is Cn1cc2c(Cl)c(I)ccc2n1. The Morgan fingerprint density at radius 2 is 2.25 bits per heavy atom. The van der Waals surface area contributed by atoms with Gasteiger partial charge in [0.05, 0.1) is 10.5 Å². The zero-order valence-corrected chi connectivity index (χ0v) is 9.30. The number of rotatable bonds is 0. The normalized spacial score (nSPS) is 10.9. The molecule has 12 heavy (non-hydrogen) atoms. The summed E-state index contributed by atoms with van der Waals surface area (Å²) >= 11 is 8.29. The first-order chi connectivity index (χ1) is 5.68. The first kappa shape index (κ1) is 8.31. The number of hydrogen-bond acceptors (Lipinski definition) is 1. The molecule has 1 heterocycles. The average Bonchev–Trinajstić information content (AvgIpc) is 2.39. The molecule has 0 radical (unpaired) electrons. The molecule has 2 nitrogen and oxygen atoms in total. The Morgan fingerprint density at radius 3 is 3.00 bits per heavy atom. The van der Waals surface area contributed by atoms with Crippen molar-refractivity contribution in [3.63, 3.8) is 0 Å². The third-order valence-electron chi connectivity index (χ3n) is 1.69. The minimum Gasteiger partial charge on any atom is -0.275 e. The molecule has 0 bridgehead atoms. The molecule has 1 aromatic heterocycles. The van der Waals surface area contributed by atoms with Crippen LogP contribution in [-0.2, 0) is 7.05 Å². The Hall–Kier alpha value is -0.290. The molecule has 0 aliphatic carbocycles. The Morgan fingerprint density at radius 1 is 1.50 bits per heavy atom. The molecular weight excluding hydrogens is 286 g/mol. The molecule has 0 spiro atoms. The van der Waals surface area contributed by atoms with Gasteiger partial charge in [-0.1, -0.05) is 11.6 Å². The molecule has 4 heteroatoms. The molecule has 62 valence electrons. The van der Waals surface area contributed by atoms with E-state index in [1.807, 2.05) is 25.4 Å². The van der Waals surface area contributed by atoms with Crippen LogP contribution in [0.5, 0.6) is 0 Å². The maximum atomic E-state index is 6.08. The summed E-state index contributed by atoms with van der Waals surface area (Å²) in [5, 5.41) is 6.06. The Labute approximate surface area is 88.7 Å². The van der Waals surface area contributed by atoms with Crippen LogP contribution in [0.4, 0.5) is 0 Å². The molecular formula is C8H6ClIN2.